The second-order valence-corrected chi connectivity index (χ2v) is 6.82. The van der Waals surface area contributed by atoms with Gasteiger partial charge in [-0.05, 0) is 43.9 Å². The minimum atomic E-state index is 0.738. The smallest absolute Gasteiger partial charge is 0.0110 e. The third kappa shape index (κ3) is 3.85. The molecule has 1 N–H and O–H groups in total. The van der Waals surface area contributed by atoms with Crippen LogP contribution in [0.1, 0.15) is 29.9 Å². The SMILES string of the molecule is Cc1ccccc1C1CC(NCCN2CCN(C)CC2)C1. The molecule has 1 aromatic carbocycles. The van der Waals surface area contributed by atoms with Gasteiger partial charge in [-0.1, -0.05) is 24.3 Å². The molecule has 1 saturated heterocycles. The molecule has 0 unspecified atom stereocenters. The van der Waals surface area contributed by atoms with Crippen LogP contribution in [-0.2, 0) is 0 Å². The van der Waals surface area contributed by atoms with E-state index >= 15 is 0 Å². The van der Waals surface area contributed by atoms with Crippen molar-refractivity contribution >= 4 is 0 Å². The summed E-state index contributed by atoms with van der Waals surface area (Å²) in [7, 11) is 2.22. The molecule has 1 aromatic rings. The van der Waals surface area contributed by atoms with Gasteiger partial charge in [-0.3, -0.25) is 4.90 Å². The fourth-order valence-corrected chi connectivity index (χ4v) is 3.58. The average molecular weight is 287 g/mol. The molecule has 0 radical (unpaired) electrons. The Bertz CT molecular complexity index is 446. The Balaban J connectivity index is 1.33. The number of nitrogens with zero attached hydrogens (tertiary/aromatic N) is 2. The number of benzene rings is 1. The first-order valence-electron chi connectivity index (χ1n) is 8.42. The maximum absolute atomic E-state index is 3.74. The maximum Gasteiger partial charge on any atom is 0.0110 e. The molecule has 1 heterocycles. The topological polar surface area (TPSA) is 18.5 Å². The summed E-state index contributed by atoms with van der Waals surface area (Å²) >= 11 is 0. The van der Waals surface area contributed by atoms with E-state index in [4.69, 9.17) is 0 Å². The number of piperazine rings is 1. The van der Waals surface area contributed by atoms with Crippen molar-refractivity contribution in [3.05, 3.63) is 35.4 Å². The van der Waals surface area contributed by atoms with Gasteiger partial charge >= 0.3 is 0 Å². The Morgan fingerprint density at radius 1 is 1.10 bits per heavy atom. The van der Waals surface area contributed by atoms with Gasteiger partial charge in [0.15, 0.2) is 0 Å². The van der Waals surface area contributed by atoms with Crippen LogP contribution in [0.4, 0.5) is 0 Å². The summed E-state index contributed by atoms with van der Waals surface area (Å²) in [5.74, 6) is 0.785. The molecule has 1 saturated carbocycles. The zero-order valence-corrected chi connectivity index (χ0v) is 13.5. The van der Waals surface area contributed by atoms with E-state index < -0.39 is 0 Å². The molecular weight excluding hydrogens is 258 g/mol. The van der Waals surface area contributed by atoms with Gasteiger partial charge in [-0.15, -0.1) is 0 Å². The lowest BCUT2D eigenvalue weighted by molar-refractivity contribution is 0.150. The number of nitrogens with one attached hydrogen (secondary N) is 1. The molecule has 21 heavy (non-hydrogen) atoms. The van der Waals surface area contributed by atoms with Crippen molar-refractivity contribution in [3.8, 4) is 0 Å². The molecule has 3 rings (SSSR count). The number of aryl methyl sites for hydroxylation is 1. The van der Waals surface area contributed by atoms with Crippen molar-refractivity contribution in [2.24, 2.45) is 0 Å². The molecule has 2 aliphatic rings. The quantitative estimate of drug-likeness (QED) is 0.894. The molecular formula is C18H29N3. The first-order valence-corrected chi connectivity index (χ1v) is 8.42. The Kier molecular flexibility index (Phi) is 4.94. The lowest BCUT2D eigenvalue weighted by Crippen LogP contribution is -2.48. The van der Waals surface area contributed by atoms with Crippen LogP contribution >= 0.6 is 0 Å². The highest BCUT2D eigenvalue weighted by Gasteiger charge is 2.30. The van der Waals surface area contributed by atoms with E-state index in [1.54, 1.807) is 5.56 Å². The standard InChI is InChI=1S/C18H29N3/c1-15-5-3-4-6-18(15)16-13-17(14-16)19-7-8-21-11-9-20(2)10-12-21/h3-6,16-17,19H,7-14H2,1-2H3. The van der Waals surface area contributed by atoms with Crippen LogP contribution in [0, 0.1) is 6.92 Å². The van der Waals surface area contributed by atoms with Gasteiger partial charge in [0.05, 0.1) is 0 Å². The van der Waals surface area contributed by atoms with Gasteiger partial charge in [-0.2, -0.15) is 0 Å². The minimum Gasteiger partial charge on any atom is -0.313 e. The summed E-state index contributed by atoms with van der Waals surface area (Å²) in [6, 6.07) is 9.60. The Morgan fingerprint density at radius 3 is 2.52 bits per heavy atom. The summed E-state index contributed by atoms with van der Waals surface area (Å²) < 4.78 is 0. The number of rotatable bonds is 5. The van der Waals surface area contributed by atoms with Gasteiger partial charge < -0.3 is 10.2 Å². The zero-order chi connectivity index (χ0) is 14.7. The predicted molar refractivity (Wildman–Crippen MR) is 88.9 cm³/mol. The molecule has 3 nitrogen and oxygen atoms in total. The van der Waals surface area contributed by atoms with Gasteiger partial charge in [0, 0.05) is 45.3 Å². The Hall–Kier alpha value is -0.900. The average Bonchev–Trinajstić information content (AvgIpc) is 2.45. The lowest BCUT2D eigenvalue weighted by Gasteiger charge is -2.38. The van der Waals surface area contributed by atoms with Crippen molar-refractivity contribution in [2.45, 2.75) is 31.7 Å². The van der Waals surface area contributed by atoms with Crippen LogP contribution in [0.15, 0.2) is 24.3 Å². The van der Waals surface area contributed by atoms with E-state index in [2.05, 4.69) is 53.4 Å². The molecule has 0 spiro atoms. The molecule has 0 aromatic heterocycles. The monoisotopic (exact) mass is 287 g/mol. The van der Waals surface area contributed by atoms with Gasteiger partial charge in [0.1, 0.15) is 0 Å². The van der Waals surface area contributed by atoms with Crippen molar-refractivity contribution in [1.29, 1.82) is 0 Å². The molecule has 0 atom stereocenters. The fourth-order valence-electron chi connectivity index (χ4n) is 3.58. The number of hydrogen-bond acceptors (Lipinski definition) is 3. The van der Waals surface area contributed by atoms with E-state index in [-0.39, 0.29) is 0 Å². The Morgan fingerprint density at radius 2 is 1.81 bits per heavy atom. The molecule has 2 fully saturated rings. The van der Waals surface area contributed by atoms with Crippen LogP contribution in [-0.4, -0.2) is 62.2 Å². The summed E-state index contributed by atoms with van der Waals surface area (Å²) in [6.45, 7) is 9.50. The van der Waals surface area contributed by atoms with Crippen LogP contribution in [0.3, 0.4) is 0 Å². The minimum absolute atomic E-state index is 0.738. The molecule has 3 heteroatoms. The summed E-state index contributed by atoms with van der Waals surface area (Å²) in [6.07, 6.45) is 2.63. The van der Waals surface area contributed by atoms with Gasteiger partial charge in [0.2, 0.25) is 0 Å². The van der Waals surface area contributed by atoms with Crippen molar-refractivity contribution < 1.29 is 0 Å². The zero-order valence-electron chi connectivity index (χ0n) is 13.5. The second kappa shape index (κ2) is 6.91. The second-order valence-electron chi connectivity index (χ2n) is 6.82. The molecule has 0 amide bonds. The summed E-state index contributed by atoms with van der Waals surface area (Å²) in [4.78, 5) is 5.01. The highest BCUT2D eigenvalue weighted by Crippen LogP contribution is 2.38. The van der Waals surface area contributed by atoms with Crippen LogP contribution in [0.2, 0.25) is 0 Å². The highest BCUT2D eigenvalue weighted by atomic mass is 15.2. The van der Waals surface area contributed by atoms with E-state index in [1.807, 2.05) is 0 Å². The fraction of sp³-hybridized carbons (Fsp3) is 0.667. The van der Waals surface area contributed by atoms with Crippen LogP contribution in [0.25, 0.3) is 0 Å². The first kappa shape index (κ1) is 15.0. The van der Waals surface area contributed by atoms with Crippen molar-refractivity contribution in [1.82, 2.24) is 15.1 Å². The predicted octanol–water partition coefficient (Wildman–Crippen LogP) is 2.08. The van der Waals surface area contributed by atoms with Gasteiger partial charge in [-0.25, -0.2) is 0 Å². The highest BCUT2D eigenvalue weighted by molar-refractivity contribution is 5.31. The summed E-state index contributed by atoms with van der Waals surface area (Å²) in [5, 5.41) is 3.74. The van der Waals surface area contributed by atoms with Gasteiger partial charge in [0.25, 0.3) is 0 Å². The molecule has 1 aliphatic heterocycles. The van der Waals surface area contributed by atoms with Crippen molar-refractivity contribution in [2.75, 3.05) is 46.3 Å². The molecule has 0 bridgehead atoms. The third-order valence-corrected chi connectivity index (χ3v) is 5.22. The maximum atomic E-state index is 3.74. The van der Waals surface area contributed by atoms with Crippen molar-refractivity contribution in [3.63, 3.8) is 0 Å². The largest absolute Gasteiger partial charge is 0.313 e. The number of hydrogen-bond donors (Lipinski definition) is 1. The van der Waals surface area contributed by atoms with Crippen LogP contribution in [0.5, 0.6) is 0 Å². The first-order chi connectivity index (χ1) is 10.2. The Labute approximate surface area is 129 Å². The summed E-state index contributed by atoms with van der Waals surface area (Å²) in [5.41, 5.74) is 3.02. The molecule has 1 aliphatic carbocycles. The van der Waals surface area contributed by atoms with Crippen LogP contribution < -0.4 is 5.32 Å². The molecule has 116 valence electrons. The van der Waals surface area contributed by atoms with E-state index in [9.17, 15) is 0 Å². The normalized spacial score (nSPS) is 27.5. The lowest BCUT2D eigenvalue weighted by atomic mass is 9.74. The number of likely N-dealkylation sites (N-methyl/N-ethyl adjacent to an activating group) is 1. The van der Waals surface area contributed by atoms with E-state index in [0.717, 1.165) is 18.5 Å². The van der Waals surface area contributed by atoms with E-state index in [0.29, 0.717) is 0 Å². The van der Waals surface area contributed by atoms with E-state index in [1.165, 1.54) is 51.1 Å². The third-order valence-electron chi connectivity index (χ3n) is 5.22.